The Bertz CT molecular complexity index is 359. The Morgan fingerprint density at radius 1 is 1.77 bits per heavy atom. The zero-order valence-electron chi connectivity index (χ0n) is 6.80. The van der Waals surface area contributed by atoms with Crippen LogP contribution in [-0.2, 0) is 11.3 Å². The lowest BCUT2D eigenvalue weighted by molar-refractivity contribution is -0.137. The maximum Gasteiger partial charge on any atom is 0.323 e. The molecular weight excluding hydrogens is 188 g/mol. The van der Waals surface area contributed by atoms with E-state index >= 15 is 0 Å². The van der Waals surface area contributed by atoms with E-state index < -0.39 is 5.97 Å². The minimum atomic E-state index is -0.829. The van der Waals surface area contributed by atoms with E-state index in [4.69, 9.17) is 5.11 Å². The predicted octanol–water partition coefficient (Wildman–Crippen LogP) is 1.31. The number of rotatable bonds is 2. The second kappa shape index (κ2) is 3.18. The maximum atomic E-state index is 10.4. The van der Waals surface area contributed by atoms with Gasteiger partial charge in [0.1, 0.15) is 11.5 Å². The van der Waals surface area contributed by atoms with Crippen molar-refractivity contribution in [1.82, 2.24) is 4.90 Å². The number of carboxylic acid groups (broad SMARTS) is 1. The highest BCUT2D eigenvalue weighted by Gasteiger charge is 2.14. The van der Waals surface area contributed by atoms with Crippen molar-refractivity contribution in [3.05, 3.63) is 17.0 Å². The van der Waals surface area contributed by atoms with Crippen molar-refractivity contribution in [2.24, 2.45) is 4.99 Å². The standard InChI is InChI=1S/C8H8N2O2S/c11-7(12)4-10-3-6-1-2-13-8(6)9-5-10/h1-2,5H,3-4H2,(H,11,12). The number of hydrogen-bond acceptors (Lipinski definition) is 4. The molecule has 0 aromatic carbocycles. The van der Waals surface area contributed by atoms with E-state index in [1.165, 1.54) is 0 Å². The lowest BCUT2D eigenvalue weighted by Crippen LogP contribution is -2.29. The molecule has 0 saturated carbocycles. The highest BCUT2D eigenvalue weighted by atomic mass is 32.1. The summed E-state index contributed by atoms with van der Waals surface area (Å²) in [6, 6.07) is 1.98. The molecule has 1 aromatic rings. The molecule has 1 aliphatic heterocycles. The van der Waals surface area contributed by atoms with Gasteiger partial charge in [-0.1, -0.05) is 0 Å². The molecule has 68 valence electrons. The number of nitrogens with zero attached hydrogens (tertiary/aromatic N) is 2. The van der Waals surface area contributed by atoms with Crippen LogP contribution >= 0.6 is 11.3 Å². The fourth-order valence-corrected chi connectivity index (χ4v) is 1.98. The van der Waals surface area contributed by atoms with Gasteiger partial charge in [0, 0.05) is 12.1 Å². The average molecular weight is 196 g/mol. The van der Waals surface area contributed by atoms with Crippen molar-refractivity contribution >= 4 is 28.6 Å². The van der Waals surface area contributed by atoms with Crippen LogP contribution in [0.3, 0.4) is 0 Å². The van der Waals surface area contributed by atoms with E-state index in [1.807, 2.05) is 11.4 Å². The van der Waals surface area contributed by atoms with Gasteiger partial charge >= 0.3 is 5.97 Å². The highest BCUT2D eigenvalue weighted by Crippen LogP contribution is 2.29. The molecule has 5 heteroatoms. The minimum absolute atomic E-state index is 0.0127. The van der Waals surface area contributed by atoms with Gasteiger partial charge in [0.15, 0.2) is 0 Å². The summed E-state index contributed by atoms with van der Waals surface area (Å²) in [7, 11) is 0. The van der Waals surface area contributed by atoms with Crippen LogP contribution in [0.4, 0.5) is 5.00 Å². The molecule has 0 bridgehead atoms. The Labute approximate surface area is 79.1 Å². The normalized spacial score (nSPS) is 14.3. The van der Waals surface area contributed by atoms with E-state index in [-0.39, 0.29) is 6.54 Å². The molecule has 2 rings (SSSR count). The molecule has 0 fully saturated rings. The summed E-state index contributed by atoms with van der Waals surface area (Å²) in [6.45, 7) is 0.660. The van der Waals surface area contributed by atoms with Crippen LogP contribution in [0, 0.1) is 0 Å². The SMILES string of the molecule is O=C(O)CN1C=Nc2sccc2C1. The zero-order valence-corrected chi connectivity index (χ0v) is 7.62. The second-order valence-electron chi connectivity index (χ2n) is 2.79. The van der Waals surface area contributed by atoms with E-state index in [0.29, 0.717) is 6.54 Å². The van der Waals surface area contributed by atoms with Crippen LogP contribution in [0.2, 0.25) is 0 Å². The smallest absolute Gasteiger partial charge is 0.323 e. The van der Waals surface area contributed by atoms with Gasteiger partial charge in [-0.15, -0.1) is 11.3 Å². The van der Waals surface area contributed by atoms with Crippen LogP contribution in [0.15, 0.2) is 16.4 Å². The molecule has 0 unspecified atom stereocenters. The van der Waals surface area contributed by atoms with E-state index in [0.717, 1.165) is 10.6 Å². The Balaban J connectivity index is 2.12. The number of carboxylic acids is 1. The lowest BCUT2D eigenvalue weighted by Gasteiger charge is -2.19. The van der Waals surface area contributed by atoms with Crippen LogP contribution in [-0.4, -0.2) is 28.9 Å². The average Bonchev–Trinajstić information content (AvgIpc) is 2.49. The monoisotopic (exact) mass is 196 g/mol. The van der Waals surface area contributed by atoms with Crippen LogP contribution in [0.5, 0.6) is 0 Å². The number of carbonyl (C=O) groups is 1. The quantitative estimate of drug-likeness (QED) is 0.775. The Morgan fingerprint density at radius 2 is 2.62 bits per heavy atom. The second-order valence-corrected chi connectivity index (χ2v) is 3.69. The number of aliphatic carboxylic acids is 1. The zero-order chi connectivity index (χ0) is 9.26. The molecule has 13 heavy (non-hydrogen) atoms. The molecule has 4 nitrogen and oxygen atoms in total. The van der Waals surface area contributed by atoms with Crippen molar-refractivity contribution in [2.75, 3.05) is 6.54 Å². The van der Waals surface area contributed by atoms with Gasteiger partial charge in [-0.2, -0.15) is 0 Å². The van der Waals surface area contributed by atoms with Crippen LogP contribution in [0.1, 0.15) is 5.56 Å². The van der Waals surface area contributed by atoms with Gasteiger partial charge in [-0.05, 0) is 11.4 Å². The van der Waals surface area contributed by atoms with E-state index in [1.54, 1.807) is 22.6 Å². The fraction of sp³-hybridized carbons (Fsp3) is 0.250. The number of hydrogen-bond donors (Lipinski definition) is 1. The summed E-state index contributed by atoms with van der Waals surface area (Å²) < 4.78 is 0. The van der Waals surface area contributed by atoms with E-state index in [9.17, 15) is 4.79 Å². The summed E-state index contributed by atoms with van der Waals surface area (Å²) in [5.41, 5.74) is 1.11. The van der Waals surface area contributed by atoms with Crippen molar-refractivity contribution < 1.29 is 9.90 Å². The third-order valence-corrected chi connectivity index (χ3v) is 2.64. The van der Waals surface area contributed by atoms with Crippen molar-refractivity contribution in [2.45, 2.75) is 6.54 Å². The Morgan fingerprint density at radius 3 is 3.38 bits per heavy atom. The fourth-order valence-electron chi connectivity index (χ4n) is 1.23. The van der Waals surface area contributed by atoms with Crippen LogP contribution in [0.25, 0.3) is 0 Å². The molecule has 0 atom stereocenters. The summed E-state index contributed by atoms with van der Waals surface area (Å²) >= 11 is 1.57. The first-order valence-electron chi connectivity index (χ1n) is 3.82. The third kappa shape index (κ3) is 1.70. The van der Waals surface area contributed by atoms with Gasteiger partial charge in [0.25, 0.3) is 0 Å². The van der Waals surface area contributed by atoms with Gasteiger partial charge in [-0.3, -0.25) is 4.79 Å². The molecule has 0 saturated heterocycles. The Kier molecular flexibility index (Phi) is 2.02. The molecule has 1 aromatic heterocycles. The van der Waals surface area contributed by atoms with Crippen molar-refractivity contribution in [3.8, 4) is 0 Å². The topological polar surface area (TPSA) is 52.9 Å². The van der Waals surface area contributed by atoms with E-state index in [2.05, 4.69) is 4.99 Å². The summed E-state index contributed by atoms with van der Waals surface area (Å²) in [5.74, 6) is -0.829. The predicted molar refractivity (Wildman–Crippen MR) is 50.5 cm³/mol. The maximum absolute atomic E-state index is 10.4. The molecule has 0 spiro atoms. The molecule has 0 radical (unpaired) electrons. The summed E-state index contributed by atoms with van der Waals surface area (Å²) in [5, 5.41) is 11.5. The molecule has 1 aliphatic rings. The van der Waals surface area contributed by atoms with Gasteiger partial charge in [-0.25, -0.2) is 4.99 Å². The van der Waals surface area contributed by atoms with Gasteiger partial charge in [0.2, 0.25) is 0 Å². The largest absolute Gasteiger partial charge is 0.480 e. The Hall–Kier alpha value is -1.36. The molecule has 1 N–H and O–H groups in total. The van der Waals surface area contributed by atoms with Gasteiger partial charge in [0.05, 0.1) is 6.34 Å². The highest BCUT2D eigenvalue weighted by molar-refractivity contribution is 7.14. The summed E-state index contributed by atoms with van der Waals surface area (Å²) in [6.07, 6.45) is 1.59. The lowest BCUT2D eigenvalue weighted by atomic mass is 10.3. The van der Waals surface area contributed by atoms with Gasteiger partial charge < -0.3 is 10.0 Å². The first-order valence-corrected chi connectivity index (χ1v) is 4.70. The minimum Gasteiger partial charge on any atom is -0.480 e. The molecular formula is C8H8N2O2S. The number of thiophene rings is 1. The summed E-state index contributed by atoms with van der Waals surface area (Å²) in [4.78, 5) is 16.2. The van der Waals surface area contributed by atoms with Crippen LogP contribution < -0.4 is 0 Å². The molecule has 0 amide bonds. The van der Waals surface area contributed by atoms with Crippen molar-refractivity contribution in [1.29, 1.82) is 0 Å². The number of fused-ring (bicyclic) bond motifs is 1. The first-order chi connectivity index (χ1) is 6.25. The molecule has 0 aliphatic carbocycles. The molecule has 2 heterocycles. The van der Waals surface area contributed by atoms with Crippen molar-refractivity contribution in [3.63, 3.8) is 0 Å². The third-order valence-electron chi connectivity index (χ3n) is 1.77. The first kappa shape index (κ1) is 8.25. The number of aliphatic imine (C=N–C) groups is 1.